The molecule has 0 spiro atoms. The second-order valence-electron chi connectivity index (χ2n) is 4.12. The minimum atomic E-state index is -3.59. The molecule has 0 saturated carbocycles. The van der Waals surface area contributed by atoms with Crippen molar-refractivity contribution >= 4 is 16.0 Å². The number of carbonyl (C=O) groups excluding carboxylic acids is 1. The van der Waals surface area contributed by atoms with Gasteiger partial charge in [0.2, 0.25) is 10.0 Å². The molecule has 5 nitrogen and oxygen atoms in total. The van der Waals surface area contributed by atoms with Gasteiger partial charge in [0.25, 0.3) is 0 Å². The Hall–Kier alpha value is -1.40. The SMILES string of the molecule is COC(=O)CC(C)NS(=O)(=O)c1ccc(C)cc1. The summed E-state index contributed by atoms with van der Waals surface area (Å²) in [5.41, 5.74) is 0.983. The minimum absolute atomic E-state index is 0.00158. The van der Waals surface area contributed by atoms with E-state index in [1.165, 1.54) is 19.2 Å². The normalized spacial score (nSPS) is 13.1. The third-order valence-electron chi connectivity index (χ3n) is 2.39. The molecule has 0 aliphatic heterocycles. The van der Waals surface area contributed by atoms with E-state index in [1.54, 1.807) is 19.1 Å². The molecule has 0 bridgehead atoms. The number of hydrogen-bond acceptors (Lipinski definition) is 4. The molecule has 6 heteroatoms. The van der Waals surface area contributed by atoms with Gasteiger partial charge in [0, 0.05) is 6.04 Å². The number of ether oxygens (including phenoxy) is 1. The Morgan fingerprint density at radius 2 is 1.89 bits per heavy atom. The van der Waals surface area contributed by atoms with Crippen molar-refractivity contribution in [3.8, 4) is 0 Å². The summed E-state index contributed by atoms with van der Waals surface area (Å²) in [5.74, 6) is -0.450. The van der Waals surface area contributed by atoms with E-state index < -0.39 is 22.0 Å². The highest BCUT2D eigenvalue weighted by Crippen LogP contribution is 2.11. The number of carbonyl (C=O) groups is 1. The molecule has 0 amide bonds. The monoisotopic (exact) mass is 271 g/mol. The molecule has 0 aliphatic rings. The van der Waals surface area contributed by atoms with Crippen LogP contribution in [0.5, 0.6) is 0 Å². The van der Waals surface area contributed by atoms with Gasteiger partial charge in [-0.25, -0.2) is 13.1 Å². The topological polar surface area (TPSA) is 72.5 Å². The van der Waals surface area contributed by atoms with Crippen LogP contribution in [0.15, 0.2) is 29.2 Å². The summed E-state index contributed by atoms with van der Waals surface area (Å²) in [6, 6.07) is 5.99. The lowest BCUT2D eigenvalue weighted by Crippen LogP contribution is -2.34. The van der Waals surface area contributed by atoms with Gasteiger partial charge in [-0.3, -0.25) is 4.79 Å². The molecule has 100 valence electrons. The first-order chi connectivity index (χ1) is 8.35. The molecule has 18 heavy (non-hydrogen) atoms. The predicted molar refractivity (Wildman–Crippen MR) is 67.6 cm³/mol. The van der Waals surface area contributed by atoms with E-state index in [4.69, 9.17) is 0 Å². The molecule has 0 aromatic heterocycles. The van der Waals surface area contributed by atoms with Gasteiger partial charge >= 0.3 is 5.97 Å². The van der Waals surface area contributed by atoms with Gasteiger partial charge in [-0.1, -0.05) is 17.7 Å². The average Bonchev–Trinajstić information content (AvgIpc) is 2.28. The molecule has 1 unspecified atom stereocenters. The van der Waals surface area contributed by atoms with Crippen LogP contribution in [0.2, 0.25) is 0 Å². The Morgan fingerprint density at radius 1 is 1.33 bits per heavy atom. The summed E-state index contributed by atoms with van der Waals surface area (Å²) in [4.78, 5) is 11.2. The van der Waals surface area contributed by atoms with Crippen molar-refractivity contribution in [2.24, 2.45) is 0 Å². The molecule has 0 fully saturated rings. The Labute approximate surface area is 107 Å². The van der Waals surface area contributed by atoms with Crippen molar-refractivity contribution in [1.29, 1.82) is 0 Å². The summed E-state index contributed by atoms with van der Waals surface area (Å²) in [6.07, 6.45) is 0.00158. The summed E-state index contributed by atoms with van der Waals surface area (Å²) >= 11 is 0. The van der Waals surface area contributed by atoms with E-state index in [-0.39, 0.29) is 11.3 Å². The maximum absolute atomic E-state index is 12.0. The summed E-state index contributed by atoms with van der Waals surface area (Å²) < 4.78 is 30.8. The van der Waals surface area contributed by atoms with Crippen LogP contribution in [0.1, 0.15) is 18.9 Å². The smallest absolute Gasteiger partial charge is 0.307 e. The van der Waals surface area contributed by atoms with E-state index in [1.807, 2.05) is 6.92 Å². The number of benzene rings is 1. The highest BCUT2D eigenvalue weighted by atomic mass is 32.2. The third-order valence-corrected chi connectivity index (χ3v) is 3.99. The standard InChI is InChI=1S/C12H17NO4S/c1-9-4-6-11(7-5-9)18(15,16)13-10(2)8-12(14)17-3/h4-7,10,13H,8H2,1-3H3. The van der Waals surface area contributed by atoms with Crippen LogP contribution >= 0.6 is 0 Å². The number of rotatable bonds is 5. The zero-order valence-corrected chi connectivity index (χ0v) is 11.5. The minimum Gasteiger partial charge on any atom is -0.469 e. The number of sulfonamides is 1. The summed E-state index contributed by atoms with van der Waals surface area (Å²) in [7, 11) is -2.32. The Bertz CT molecular complexity index is 507. The van der Waals surface area contributed by atoms with E-state index >= 15 is 0 Å². The van der Waals surface area contributed by atoms with Crippen LogP contribution in [0.25, 0.3) is 0 Å². The van der Waals surface area contributed by atoms with Crippen molar-refractivity contribution in [2.45, 2.75) is 31.2 Å². The van der Waals surface area contributed by atoms with Gasteiger partial charge < -0.3 is 4.74 Å². The van der Waals surface area contributed by atoms with E-state index in [2.05, 4.69) is 9.46 Å². The fourth-order valence-electron chi connectivity index (χ4n) is 1.43. The summed E-state index contributed by atoms with van der Waals surface area (Å²) in [5, 5.41) is 0. The van der Waals surface area contributed by atoms with Crippen molar-refractivity contribution in [1.82, 2.24) is 4.72 Å². The molecule has 1 N–H and O–H groups in total. The second kappa shape index (κ2) is 5.97. The molecular formula is C12H17NO4S. The van der Waals surface area contributed by atoms with Crippen molar-refractivity contribution in [2.75, 3.05) is 7.11 Å². The van der Waals surface area contributed by atoms with Crippen LogP contribution in [0, 0.1) is 6.92 Å². The first-order valence-electron chi connectivity index (χ1n) is 5.51. The van der Waals surface area contributed by atoms with Crippen LogP contribution < -0.4 is 4.72 Å². The van der Waals surface area contributed by atoms with Gasteiger partial charge in [-0.2, -0.15) is 0 Å². The van der Waals surface area contributed by atoms with Crippen LogP contribution in [-0.4, -0.2) is 27.5 Å². The number of esters is 1. The summed E-state index contributed by atoms with van der Waals surface area (Å²) in [6.45, 7) is 3.49. The highest BCUT2D eigenvalue weighted by molar-refractivity contribution is 7.89. The van der Waals surface area contributed by atoms with Crippen LogP contribution in [-0.2, 0) is 19.6 Å². The molecule has 0 aliphatic carbocycles. The van der Waals surface area contributed by atoms with Gasteiger partial charge in [-0.05, 0) is 26.0 Å². The predicted octanol–water partition coefficient (Wildman–Crippen LogP) is 1.22. The first kappa shape index (κ1) is 14.7. The van der Waals surface area contributed by atoms with Crippen molar-refractivity contribution < 1.29 is 17.9 Å². The fraction of sp³-hybridized carbons (Fsp3) is 0.417. The van der Waals surface area contributed by atoms with Gasteiger partial charge in [0.1, 0.15) is 0 Å². The Morgan fingerprint density at radius 3 is 2.39 bits per heavy atom. The zero-order valence-electron chi connectivity index (χ0n) is 10.6. The quantitative estimate of drug-likeness (QED) is 0.817. The van der Waals surface area contributed by atoms with Gasteiger partial charge in [0.15, 0.2) is 0 Å². The molecule has 0 heterocycles. The molecule has 1 atom stereocenters. The molecule has 0 saturated heterocycles. The van der Waals surface area contributed by atoms with Gasteiger partial charge in [-0.15, -0.1) is 0 Å². The lowest BCUT2D eigenvalue weighted by molar-refractivity contribution is -0.140. The maximum atomic E-state index is 12.0. The number of methoxy groups -OCH3 is 1. The van der Waals surface area contributed by atoms with Crippen LogP contribution in [0.4, 0.5) is 0 Å². The first-order valence-corrected chi connectivity index (χ1v) is 6.99. The molecule has 0 radical (unpaired) electrons. The lowest BCUT2D eigenvalue weighted by Gasteiger charge is -2.13. The number of nitrogens with one attached hydrogen (secondary N) is 1. The maximum Gasteiger partial charge on any atom is 0.307 e. The molecule has 1 aromatic carbocycles. The molecule has 1 rings (SSSR count). The van der Waals surface area contributed by atoms with E-state index in [0.717, 1.165) is 5.56 Å². The van der Waals surface area contributed by atoms with Gasteiger partial charge in [0.05, 0.1) is 18.4 Å². The second-order valence-corrected chi connectivity index (χ2v) is 5.83. The van der Waals surface area contributed by atoms with Crippen molar-refractivity contribution in [3.63, 3.8) is 0 Å². The van der Waals surface area contributed by atoms with Crippen molar-refractivity contribution in [3.05, 3.63) is 29.8 Å². The number of aryl methyl sites for hydroxylation is 1. The largest absolute Gasteiger partial charge is 0.469 e. The molecule has 1 aromatic rings. The average molecular weight is 271 g/mol. The lowest BCUT2D eigenvalue weighted by atomic mass is 10.2. The van der Waals surface area contributed by atoms with Crippen LogP contribution in [0.3, 0.4) is 0 Å². The van der Waals surface area contributed by atoms with E-state index in [0.29, 0.717) is 0 Å². The highest BCUT2D eigenvalue weighted by Gasteiger charge is 2.19. The van der Waals surface area contributed by atoms with E-state index in [9.17, 15) is 13.2 Å². The molecular weight excluding hydrogens is 254 g/mol. The zero-order chi connectivity index (χ0) is 13.8. The Kier molecular flexibility index (Phi) is 4.86. The third kappa shape index (κ3) is 4.12. The number of hydrogen-bond donors (Lipinski definition) is 1. The Balaban J connectivity index is 2.76. The fourth-order valence-corrected chi connectivity index (χ4v) is 2.67.